The van der Waals surface area contributed by atoms with Crippen LogP contribution in [0.5, 0.6) is 5.75 Å². The first kappa shape index (κ1) is 28.2. The van der Waals surface area contributed by atoms with Crippen LogP contribution in [0.4, 0.5) is 0 Å². The van der Waals surface area contributed by atoms with E-state index in [0.717, 1.165) is 12.8 Å². The molecule has 216 valence electrons. The average Bonchev–Trinajstić information content (AvgIpc) is 2.93. The van der Waals surface area contributed by atoms with E-state index in [9.17, 15) is 14.7 Å². The minimum absolute atomic E-state index is 0.0265. The Kier molecular flexibility index (Phi) is 7.43. The fourth-order valence-corrected chi connectivity index (χ4v) is 6.34. The number of nitrogens with two attached hydrogens (primary N) is 1. The van der Waals surface area contributed by atoms with Gasteiger partial charge in [-0.2, -0.15) is 0 Å². The van der Waals surface area contributed by atoms with E-state index in [4.69, 9.17) is 24.9 Å². The Bertz CT molecular complexity index is 1280. The minimum Gasteiger partial charge on any atom is -0.493 e. The van der Waals surface area contributed by atoms with Gasteiger partial charge >= 0.3 is 0 Å². The summed E-state index contributed by atoms with van der Waals surface area (Å²) in [5, 5.41) is 14.3. The van der Waals surface area contributed by atoms with Crippen LogP contribution in [0.2, 0.25) is 0 Å². The molecule has 40 heavy (non-hydrogen) atoms. The fraction of sp³-hybridized carbons (Fsp3) is 0.567. The highest BCUT2D eigenvalue weighted by molar-refractivity contribution is 6.00. The summed E-state index contributed by atoms with van der Waals surface area (Å²) >= 11 is 0. The van der Waals surface area contributed by atoms with Crippen molar-refractivity contribution in [2.45, 2.75) is 82.7 Å². The molecule has 5 rings (SSSR count). The van der Waals surface area contributed by atoms with Crippen molar-refractivity contribution in [2.75, 3.05) is 20.3 Å². The van der Waals surface area contributed by atoms with Gasteiger partial charge in [0.15, 0.2) is 5.96 Å². The molecule has 0 saturated heterocycles. The van der Waals surface area contributed by atoms with Gasteiger partial charge in [0.2, 0.25) is 5.91 Å². The number of hydrogen-bond acceptors (Lipinski definition) is 8. The predicted molar refractivity (Wildman–Crippen MR) is 150 cm³/mol. The van der Waals surface area contributed by atoms with Gasteiger partial charge in [0.25, 0.3) is 5.91 Å². The lowest BCUT2D eigenvalue weighted by atomic mass is 9.79. The summed E-state index contributed by atoms with van der Waals surface area (Å²) in [5.74, 6) is 1.00. The standard InChI is InChI=1S/C30H40N4O6/c1-6-30(7-2)15-23(35)34(28(31)33-30)20-12-13-39-21-11-9-18(14-19(20)21)27(36)32-26-24-22(40-16-29(26,4)37)10-8-17(3)25(24)38-5/h8-11,14,17,20,25-26,37H,6-7,12-13,15-16H2,1-5H3,(H2,31,33)(H,32,36)/t17?,20-,25?,26?,29?/m1/s1. The number of ether oxygens (including phenoxy) is 3. The monoisotopic (exact) mass is 552 g/mol. The number of allylic oxidation sites excluding steroid dienone is 1. The van der Waals surface area contributed by atoms with Gasteiger partial charge in [-0.3, -0.25) is 14.5 Å². The quantitative estimate of drug-likeness (QED) is 0.494. The minimum atomic E-state index is -1.35. The van der Waals surface area contributed by atoms with Crippen molar-refractivity contribution in [1.29, 1.82) is 0 Å². The van der Waals surface area contributed by atoms with Crippen molar-refractivity contribution in [3.63, 3.8) is 0 Å². The van der Waals surface area contributed by atoms with E-state index in [-0.39, 0.29) is 42.8 Å². The zero-order valence-electron chi connectivity index (χ0n) is 23.9. The van der Waals surface area contributed by atoms with Crippen LogP contribution in [0.15, 0.2) is 46.7 Å². The van der Waals surface area contributed by atoms with Gasteiger partial charge in [-0.1, -0.05) is 26.8 Å². The van der Waals surface area contributed by atoms with Crippen molar-refractivity contribution in [3.8, 4) is 5.75 Å². The summed E-state index contributed by atoms with van der Waals surface area (Å²) in [4.78, 5) is 33.4. The van der Waals surface area contributed by atoms with E-state index in [0.29, 0.717) is 41.2 Å². The molecule has 3 heterocycles. The molecule has 0 saturated carbocycles. The number of benzene rings is 1. The molecule has 1 aromatic carbocycles. The molecule has 4 unspecified atom stereocenters. The van der Waals surface area contributed by atoms with E-state index >= 15 is 0 Å². The van der Waals surface area contributed by atoms with Crippen molar-refractivity contribution in [3.05, 3.63) is 52.8 Å². The Balaban J connectivity index is 1.46. The number of carbonyl (C=O) groups excluding carboxylic acids is 2. The fourth-order valence-electron chi connectivity index (χ4n) is 6.34. The molecular weight excluding hydrogens is 512 g/mol. The molecular formula is C30H40N4O6. The largest absolute Gasteiger partial charge is 0.493 e. The van der Waals surface area contributed by atoms with Crippen LogP contribution < -0.4 is 15.8 Å². The number of rotatable bonds is 6. The van der Waals surface area contributed by atoms with Gasteiger partial charge in [0.1, 0.15) is 23.7 Å². The number of hydrogen-bond donors (Lipinski definition) is 3. The molecule has 1 aliphatic carbocycles. The summed E-state index contributed by atoms with van der Waals surface area (Å²) in [7, 11) is 1.61. The van der Waals surface area contributed by atoms with Gasteiger partial charge in [-0.15, -0.1) is 0 Å². The lowest BCUT2D eigenvalue weighted by molar-refractivity contribution is -0.132. The summed E-state index contributed by atoms with van der Waals surface area (Å²) in [5.41, 5.74) is 6.36. The number of carbonyl (C=O) groups is 2. The second-order valence-electron chi connectivity index (χ2n) is 11.5. The smallest absolute Gasteiger partial charge is 0.251 e. The molecule has 3 aliphatic heterocycles. The van der Waals surface area contributed by atoms with Crippen molar-refractivity contribution >= 4 is 17.8 Å². The van der Waals surface area contributed by atoms with Crippen LogP contribution >= 0.6 is 0 Å². The lowest BCUT2D eigenvalue weighted by Crippen LogP contribution is -2.59. The topological polar surface area (TPSA) is 136 Å². The van der Waals surface area contributed by atoms with Crippen LogP contribution in [0.3, 0.4) is 0 Å². The van der Waals surface area contributed by atoms with Crippen molar-refractivity contribution < 1.29 is 28.9 Å². The molecule has 0 radical (unpaired) electrons. The van der Waals surface area contributed by atoms with Gasteiger partial charge in [0, 0.05) is 36.1 Å². The zero-order chi connectivity index (χ0) is 28.8. The molecule has 10 heteroatoms. The normalized spacial score (nSPS) is 31.0. The molecule has 0 spiro atoms. The predicted octanol–water partition coefficient (Wildman–Crippen LogP) is 2.97. The number of nitrogens with zero attached hydrogens (tertiary/aromatic N) is 2. The third kappa shape index (κ3) is 4.77. The first-order valence-electron chi connectivity index (χ1n) is 14.1. The third-order valence-corrected chi connectivity index (χ3v) is 8.86. The summed E-state index contributed by atoms with van der Waals surface area (Å²) in [6.07, 6.45) is 5.78. The Morgan fingerprint density at radius 2 is 2.05 bits per heavy atom. The molecule has 4 aliphatic rings. The Labute approximate surface area is 235 Å². The first-order chi connectivity index (χ1) is 19.0. The highest BCUT2D eigenvalue weighted by Crippen LogP contribution is 2.41. The summed E-state index contributed by atoms with van der Waals surface area (Å²) < 4.78 is 17.5. The maximum Gasteiger partial charge on any atom is 0.251 e. The highest BCUT2D eigenvalue weighted by Gasteiger charge is 2.47. The average molecular weight is 553 g/mol. The maximum absolute atomic E-state index is 13.7. The number of fused-ring (bicyclic) bond motifs is 1. The molecule has 4 N–H and O–H groups in total. The van der Waals surface area contributed by atoms with E-state index in [1.54, 1.807) is 37.1 Å². The van der Waals surface area contributed by atoms with E-state index in [1.807, 2.05) is 32.9 Å². The van der Waals surface area contributed by atoms with Crippen LogP contribution in [-0.4, -0.2) is 71.4 Å². The van der Waals surface area contributed by atoms with Gasteiger partial charge in [-0.25, -0.2) is 4.99 Å². The molecule has 0 bridgehead atoms. The highest BCUT2D eigenvalue weighted by atomic mass is 16.5. The van der Waals surface area contributed by atoms with E-state index in [2.05, 4.69) is 5.32 Å². The number of aliphatic imine (C=N–C) groups is 1. The van der Waals surface area contributed by atoms with E-state index < -0.39 is 23.2 Å². The van der Waals surface area contributed by atoms with Crippen LogP contribution in [0.25, 0.3) is 0 Å². The van der Waals surface area contributed by atoms with Crippen LogP contribution in [0, 0.1) is 5.92 Å². The number of nitrogens with one attached hydrogen (secondary N) is 1. The molecule has 0 fully saturated rings. The van der Waals surface area contributed by atoms with Gasteiger partial charge < -0.3 is 30.4 Å². The van der Waals surface area contributed by atoms with Gasteiger partial charge in [0.05, 0.1) is 36.8 Å². The summed E-state index contributed by atoms with van der Waals surface area (Å²) in [6, 6.07) is 4.05. The molecule has 1 aromatic rings. The summed E-state index contributed by atoms with van der Waals surface area (Å²) in [6.45, 7) is 8.14. The van der Waals surface area contributed by atoms with Crippen LogP contribution in [0.1, 0.15) is 75.3 Å². The molecule has 10 nitrogen and oxygen atoms in total. The second kappa shape index (κ2) is 10.6. The number of guanidine groups is 1. The first-order valence-corrected chi connectivity index (χ1v) is 14.1. The molecule has 2 amide bonds. The maximum atomic E-state index is 13.7. The lowest BCUT2D eigenvalue weighted by Gasteiger charge is -2.44. The van der Waals surface area contributed by atoms with E-state index in [1.165, 1.54) is 0 Å². The number of methoxy groups -OCH3 is 1. The van der Waals surface area contributed by atoms with Crippen molar-refractivity contribution in [1.82, 2.24) is 10.2 Å². The van der Waals surface area contributed by atoms with Crippen molar-refractivity contribution in [2.24, 2.45) is 16.6 Å². The molecule has 0 aromatic heterocycles. The SMILES string of the molecule is CCC1(CC)CC(=O)N([C@@H]2CCOc3ccc(C(=O)NC4C5=C(C=CC(C)C5OC)OCC4(C)O)cc32)C(N)=N1. The number of aliphatic hydroxyl groups is 1. The zero-order valence-corrected chi connectivity index (χ0v) is 23.9. The third-order valence-electron chi connectivity index (χ3n) is 8.86. The Hall–Kier alpha value is -3.37. The Morgan fingerprint density at radius 1 is 1.30 bits per heavy atom. The van der Waals surface area contributed by atoms with Gasteiger partial charge in [-0.05, 0) is 44.0 Å². The van der Waals surface area contributed by atoms with Crippen LogP contribution in [-0.2, 0) is 14.3 Å². The Morgan fingerprint density at radius 3 is 2.73 bits per heavy atom. The number of amides is 2. The molecule has 5 atom stereocenters. The second-order valence-corrected chi connectivity index (χ2v) is 11.5.